The summed E-state index contributed by atoms with van der Waals surface area (Å²) in [4.78, 5) is 14.2. The Hall–Kier alpha value is -1.10. The number of benzene rings is 1. The number of hydrogen-bond acceptors (Lipinski definition) is 3. The van der Waals surface area contributed by atoms with Crippen molar-refractivity contribution in [1.29, 1.82) is 0 Å². The molecule has 0 bridgehead atoms. The highest BCUT2D eigenvalue weighted by molar-refractivity contribution is 6.30. The zero-order valence-corrected chi connectivity index (χ0v) is 13.8. The van der Waals surface area contributed by atoms with Gasteiger partial charge in [0.15, 0.2) is 0 Å². The fourth-order valence-electron chi connectivity index (χ4n) is 2.37. The van der Waals surface area contributed by atoms with Gasteiger partial charge in [-0.1, -0.05) is 37.6 Å². The summed E-state index contributed by atoms with van der Waals surface area (Å²) in [7, 11) is 3.22. The number of likely N-dealkylation sites (N-methyl/N-ethyl adjacent to an activating group) is 1. The highest BCUT2D eigenvalue weighted by Gasteiger charge is 2.27. The number of hydrogen-bond donors (Lipinski definition) is 1. The first kappa shape index (κ1) is 18.0. The van der Waals surface area contributed by atoms with E-state index in [1.165, 1.54) is 7.11 Å². The van der Waals surface area contributed by atoms with Crippen LogP contribution in [-0.4, -0.2) is 49.3 Å². The lowest BCUT2D eigenvalue weighted by Gasteiger charge is -2.28. The third kappa shape index (κ3) is 5.30. The average Bonchev–Trinajstić information content (AvgIpc) is 2.40. The lowest BCUT2D eigenvalue weighted by atomic mass is 9.87. The van der Waals surface area contributed by atoms with Gasteiger partial charge in [-0.15, -0.1) is 0 Å². The molecule has 1 N–H and O–H groups in total. The molecule has 0 aliphatic carbocycles. The Morgan fingerprint density at radius 1 is 1.33 bits per heavy atom. The molecule has 118 valence electrons. The zero-order valence-electron chi connectivity index (χ0n) is 13.0. The quantitative estimate of drug-likeness (QED) is 0.841. The number of rotatable bonds is 7. The topological polar surface area (TPSA) is 49.8 Å². The van der Waals surface area contributed by atoms with Gasteiger partial charge in [0.1, 0.15) is 0 Å². The van der Waals surface area contributed by atoms with Crippen molar-refractivity contribution in [3.05, 3.63) is 34.9 Å². The van der Waals surface area contributed by atoms with Crippen molar-refractivity contribution in [2.45, 2.75) is 25.9 Å². The SMILES string of the molecule is COCC(O)CN(C)C(=O)C(c1ccc(Cl)cc1)C(C)C. The lowest BCUT2D eigenvalue weighted by molar-refractivity contribution is -0.134. The van der Waals surface area contributed by atoms with Crippen molar-refractivity contribution >= 4 is 17.5 Å². The van der Waals surface area contributed by atoms with Gasteiger partial charge in [0, 0.05) is 25.7 Å². The van der Waals surface area contributed by atoms with Gasteiger partial charge in [0.2, 0.25) is 5.91 Å². The molecule has 0 radical (unpaired) electrons. The number of aliphatic hydroxyl groups excluding tert-OH is 1. The molecule has 0 aromatic heterocycles. The molecule has 0 saturated heterocycles. The highest BCUT2D eigenvalue weighted by Crippen LogP contribution is 2.27. The van der Waals surface area contributed by atoms with Crippen LogP contribution >= 0.6 is 11.6 Å². The van der Waals surface area contributed by atoms with Crippen molar-refractivity contribution in [3.8, 4) is 0 Å². The molecule has 0 fully saturated rings. The van der Waals surface area contributed by atoms with Crippen LogP contribution in [0.5, 0.6) is 0 Å². The van der Waals surface area contributed by atoms with E-state index in [0.717, 1.165) is 5.56 Å². The highest BCUT2D eigenvalue weighted by atomic mass is 35.5. The predicted octanol–water partition coefficient (Wildman–Crippen LogP) is 2.55. The summed E-state index contributed by atoms with van der Waals surface area (Å²) in [6.45, 7) is 4.49. The van der Waals surface area contributed by atoms with Crippen LogP contribution in [0.4, 0.5) is 0 Å². The van der Waals surface area contributed by atoms with Crippen molar-refractivity contribution in [2.24, 2.45) is 5.92 Å². The molecular weight excluding hydrogens is 290 g/mol. The van der Waals surface area contributed by atoms with Crippen LogP contribution in [0.15, 0.2) is 24.3 Å². The summed E-state index contributed by atoms with van der Waals surface area (Å²) in [5.41, 5.74) is 0.937. The molecule has 0 heterocycles. The van der Waals surface area contributed by atoms with E-state index in [-0.39, 0.29) is 30.9 Å². The Bertz CT molecular complexity index is 447. The Labute approximate surface area is 131 Å². The van der Waals surface area contributed by atoms with Gasteiger partial charge in [-0.3, -0.25) is 4.79 Å². The molecule has 1 aromatic rings. The maximum atomic E-state index is 12.7. The molecule has 1 amide bonds. The average molecular weight is 314 g/mol. The molecule has 21 heavy (non-hydrogen) atoms. The van der Waals surface area contributed by atoms with E-state index in [2.05, 4.69) is 0 Å². The fourth-order valence-corrected chi connectivity index (χ4v) is 2.50. The van der Waals surface area contributed by atoms with Crippen LogP contribution in [0.25, 0.3) is 0 Å². The Kier molecular flexibility index (Phi) is 7.15. The minimum absolute atomic E-state index is 0.0116. The molecule has 0 spiro atoms. The third-order valence-electron chi connectivity index (χ3n) is 3.38. The van der Waals surface area contributed by atoms with Crippen LogP contribution in [-0.2, 0) is 9.53 Å². The monoisotopic (exact) mass is 313 g/mol. The molecule has 5 heteroatoms. The molecule has 0 saturated carbocycles. The molecule has 4 nitrogen and oxygen atoms in total. The van der Waals surface area contributed by atoms with Crippen LogP contribution < -0.4 is 0 Å². The number of methoxy groups -OCH3 is 1. The Morgan fingerprint density at radius 2 is 1.90 bits per heavy atom. The maximum absolute atomic E-state index is 12.7. The largest absolute Gasteiger partial charge is 0.389 e. The molecule has 0 aliphatic heterocycles. The number of ether oxygens (including phenoxy) is 1. The summed E-state index contributed by atoms with van der Waals surface area (Å²) in [5, 5.41) is 10.4. The van der Waals surface area contributed by atoms with E-state index in [1.807, 2.05) is 26.0 Å². The first-order valence-corrected chi connectivity index (χ1v) is 7.42. The third-order valence-corrected chi connectivity index (χ3v) is 3.63. The van der Waals surface area contributed by atoms with Crippen molar-refractivity contribution < 1.29 is 14.6 Å². The van der Waals surface area contributed by atoms with Gasteiger partial charge in [0.25, 0.3) is 0 Å². The summed E-state index contributed by atoms with van der Waals surface area (Å²) in [6.07, 6.45) is -0.679. The Balaban J connectivity index is 2.85. The van der Waals surface area contributed by atoms with Gasteiger partial charge in [0.05, 0.1) is 18.6 Å². The first-order chi connectivity index (χ1) is 9.86. The zero-order chi connectivity index (χ0) is 16.0. The summed E-state index contributed by atoms with van der Waals surface area (Å²) < 4.78 is 4.89. The second-order valence-corrected chi connectivity index (χ2v) is 6.04. The van der Waals surface area contributed by atoms with E-state index in [1.54, 1.807) is 24.1 Å². The van der Waals surface area contributed by atoms with Crippen molar-refractivity contribution in [3.63, 3.8) is 0 Å². The minimum atomic E-state index is -0.679. The van der Waals surface area contributed by atoms with E-state index in [9.17, 15) is 9.90 Å². The van der Waals surface area contributed by atoms with Crippen LogP contribution in [0.2, 0.25) is 5.02 Å². The lowest BCUT2D eigenvalue weighted by Crippen LogP contribution is -2.40. The van der Waals surface area contributed by atoms with Crippen molar-refractivity contribution in [2.75, 3.05) is 27.3 Å². The molecule has 1 aromatic carbocycles. The smallest absolute Gasteiger partial charge is 0.230 e. The normalized spacial score (nSPS) is 14.0. The molecular formula is C16H24ClNO3. The van der Waals surface area contributed by atoms with Gasteiger partial charge in [-0.05, 0) is 23.6 Å². The number of carbonyl (C=O) groups is 1. The van der Waals surface area contributed by atoms with E-state index >= 15 is 0 Å². The van der Waals surface area contributed by atoms with E-state index in [4.69, 9.17) is 16.3 Å². The molecule has 2 unspecified atom stereocenters. The van der Waals surface area contributed by atoms with Crippen LogP contribution in [0, 0.1) is 5.92 Å². The van der Waals surface area contributed by atoms with Crippen LogP contribution in [0.1, 0.15) is 25.3 Å². The van der Waals surface area contributed by atoms with E-state index < -0.39 is 6.10 Å². The number of aliphatic hydroxyl groups is 1. The molecule has 0 aliphatic rings. The Morgan fingerprint density at radius 3 is 2.38 bits per heavy atom. The second kappa shape index (κ2) is 8.37. The number of carbonyl (C=O) groups excluding carboxylic acids is 1. The predicted molar refractivity (Wildman–Crippen MR) is 84.6 cm³/mol. The minimum Gasteiger partial charge on any atom is -0.389 e. The number of halogens is 1. The van der Waals surface area contributed by atoms with Crippen LogP contribution in [0.3, 0.4) is 0 Å². The van der Waals surface area contributed by atoms with Gasteiger partial charge >= 0.3 is 0 Å². The molecule has 1 rings (SSSR count). The second-order valence-electron chi connectivity index (χ2n) is 5.60. The van der Waals surface area contributed by atoms with E-state index in [0.29, 0.717) is 5.02 Å². The summed E-state index contributed by atoms with van der Waals surface area (Å²) in [5.74, 6) is -0.106. The standard InChI is InChI=1S/C16H24ClNO3/c1-11(2)15(12-5-7-13(17)8-6-12)16(20)18(3)9-14(19)10-21-4/h5-8,11,14-15,19H,9-10H2,1-4H3. The van der Waals surface area contributed by atoms with Crippen molar-refractivity contribution in [1.82, 2.24) is 4.90 Å². The fraction of sp³-hybridized carbons (Fsp3) is 0.562. The van der Waals surface area contributed by atoms with Gasteiger partial charge in [-0.25, -0.2) is 0 Å². The van der Waals surface area contributed by atoms with Gasteiger partial charge in [-0.2, -0.15) is 0 Å². The maximum Gasteiger partial charge on any atom is 0.230 e. The van der Waals surface area contributed by atoms with Gasteiger partial charge < -0.3 is 14.7 Å². The first-order valence-electron chi connectivity index (χ1n) is 7.04. The molecule has 2 atom stereocenters. The summed E-state index contributed by atoms with van der Waals surface area (Å²) in [6, 6.07) is 7.34. The number of nitrogens with zero attached hydrogens (tertiary/aromatic N) is 1. The summed E-state index contributed by atoms with van der Waals surface area (Å²) >= 11 is 5.90. The number of amides is 1.